The van der Waals surface area contributed by atoms with Crippen molar-refractivity contribution < 1.29 is 0 Å². The lowest BCUT2D eigenvalue weighted by atomic mass is 10.1. The van der Waals surface area contributed by atoms with Crippen LogP contribution in [0.15, 0.2) is 12.7 Å². The summed E-state index contributed by atoms with van der Waals surface area (Å²) in [5.74, 6) is 0.485. The molecule has 4 nitrogen and oxygen atoms in total. The Kier molecular flexibility index (Phi) is 2.59. The molecule has 11 heavy (non-hydrogen) atoms. The number of hydrogen-bond acceptors (Lipinski definition) is 3. The van der Waals surface area contributed by atoms with Gasteiger partial charge >= 0.3 is 0 Å². The van der Waals surface area contributed by atoms with E-state index in [9.17, 15) is 0 Å². The Balaban J connectivity index is 2.43. The van der Waals surface area contributed by atoms with Crippen LogP contribution in [0.25, 0.3) is 0 Å². The summed E-state index contributed by atoms with van der Waals surface area (Å²) in [5, 5.41) is 3.96. The van der Waals surface area contributed by atoms with Gasteiger partial charge in [-0.2, -0.15) is 5.10 Å². The van der Waals surface area contributed by atoms with E-state index in [4.69, 9.17) is 5.73 Å². The lowest BCUT2D eigenvalue weighted by molar-refractivity contribution is 0.413. The minimum atomic E-state index is 0.164. The zero-order valence-corrected chi connectivity index (χ0v) is 6.94. The van der Waals surface area contributed by atoms with Gasteiger partial charge in [-0.3, -0.25) is 4.68 Å². The highest BCUT2D eigenvalue weighted by atomic mass is 15.3. The third-order valence-electron chi connectivity index (χ3n) is 1.72. The van der Waals surface area contributed by atoms with Gasteiger partial charge in [-0.15, -0.1) is 0 Å². The van der Waals surface area contributed by atoms with E-state index in [-0.39, 0.29) is 6.04 Å². The predicted molar refractivity (Wildman–Crippen MR) is 42.8 cm³/mol. The zero-order valence-electron chi connectivity index (χ0n) is 6.94. The smallest absolute Gasteiger partial charge is 0.137 e. The topological polar surface area (TPSA) is 56.7 Å². The summed E-state index contributed by atoms with van der Waals surface area (Å²) in [6.45, 7) is 4.95. The molecule has 0 spiro atoms. The van der Waals surface area contributed by atoms with Crippen LogP contribution in [0, 0.1) is 5.92 Å². The Labute approximate surface area is 66.4 Å². The molecule has 0 unspecified atom stereocenters. The van der Waals surface area contributed by atoms with Crippen molar-refractivity contribution in [2.75, 3.05) is 0 Å². The van der Waals surface area contributed by atoms with Crippen LogP contribution in [-0.2, 0) is 6.54 Å². The highest BCUT2D eigenvalue weighted by Crippen LogP contribution is 1.99. The summed E-state index contributed by atoms with van der Waals surface area (Å²) in [7, 11) is 0. The quantitative estimate of drug-likeness (QED) is 0.679. The lowest BCUT2D eigenvalue weighted by Crippen LogP contribution is -2.31. The average molecular weight is 154 g/mol. The van der Waals surface area contributed by atoms with E-state index in [1.54, 1.807) is 11.0 Å². The van der Waals surface area contributed by atoms with E-state index in [1.165, 1.54) is 6.33 Å². The van der Waals surface area contributed by atoms with E-state index in [1.807, 2.05) is 0 Å². The van der Waals surface area contributed by atoms with Crippen molar-refractivity contribution in [1.82, 2.24) is 14.8 Å². The van der Waals surface area contributed by atoms with E-state index >= 15 is 0 Å². The van der Waals surface area contributed by atoms with Crippen LogP contribution >= 0.6 is 0 Å². The second-order valence-electron chi connectivity index (χ2n) is 3.03. The fourth-order valence-electron chi connectivity index (χ4n) is 0.754. The lowest BCUT2D eigenvalue weighted by Gasteiger charge is -2.14. The van der Waals surface area contributed by atoms with Crippen molar-refractivity contribution in [1.29, 1.82) is 0 Å². The summed E-state index contributed by atoms with van der Waals surface area (Å²) in [6.07, 6.45) is 3.20. The molecule has 0 saturated heterocycles. The van der Waals surface area contributed by atoms with Crippen LogP contribution < -0.4 is 5.73 Å². The Morgan fingerprint density at radius 2 is 2.27 bits per heavy atom. The van der Waals surface area contributed by atoms with Crippen molar-refractivity contribution in [2.24, 2.45) is 11.7 Å². The van der Waals surface area contributed by atoms with E-state index in [0.717, 1.165) is 6.54 Å². The van der Waals surface area contributed by atoms with Crippen LogP contribution in [0.4, 0.5) is 0 Å². The van der Waals surface area contributed by atoms with Gasteiger partial charge < -0.3 is 5.73 Å². The van der Waals surface area contributed by atoms with Gasteiger partial charge in [0, 0.05) is 6.04 Å². The maximum absolute atomic E-state index is 5.82. The molecule has 2 N–H and O–H groups in total. The molecule has 0 amide bonds. The van der Waals surface area contributed by atoms with Gasteiger partial charge in [0.1, 0.15) is 12.7 Å². The Morgan fingerprint density at radius 3 is 2.73 bits per heavy atom. The summed E-state index contributed by atoms with van der Waals surface area (Å²) in [6, 6.07) is 0.164. The number of rotatable bonds is 3. The summed E-state index contributed by atoms with van der Waals surface area (Å²) in [5.41, 5.74) is 5.82. The molecule has 0 aliphatic carbocycles. The first kappa shape index (κ1) is 8.20. The number of aromatic nitrogens is 3. The molecule has 0 radical (unpaired) electrons. The standard InChI is InChI=1S/C7H14N4/c1-6(2)7(8)3-11-5-9-4-10-11/h4-7H,3,8H2,1-2H3/t7-/m1/s1. The number of nitrogens with zero attached hydrogens (tertiary/aromatic N) is 3. The van der Waals surface area contributed by atoms with Gasteiger partial charge in [0.2, 0.25) is 0 Å². The number of hydrogen-bond donors (Lipinski definition) is 1. The molecule has 1 atom stereocenters. The molecule has 4 heteroatoms. The van der Waals surface area contributed by atoms with E-state index in [2.05, 4.69) is 23.9 Å². The SMILES string of the molecule is CC(C)[C@H](N)Cn1cncn1. The fraction of sp³-hybridized carbons (Fsp3) is 0.714. The maximum Gasteiger partial charge on any atom is 0.137 e. The third-order valence-corrected chi connectivity index (χ3v) is 1.72. The summed E-state index contributed by atoms with van der Waals surface area (Å²) < 4.78 is 1.75. The third kappa shape index (κ3) is 2.31. The van der Waals surface area contributed by atoms with Crippen molar-refractivity contribution in [2.45, 2.75) is 26.4 Å². The molecule has 0 aliphatic rings. The normalized spacial score (nSPS) is 13.8. The second kappa shape index (κ2) is 3.48. The molecule has 0 fully saturated rings. The highest BCUT2D eigenvalue weighted by molar-refractivity contribution is 4.67. The minimum Gasteiger partial charge on any atom is -0.326 e. The van der Waals surface area contributed by atoms with Crippen molar-refractivity contribution in [3.05, 3.63) is 12.7 Å². The van der Waals surface area contributed by atoms with Crippen molar-refractivity contribution >= 4 is 0 Å². The largest absolute Gasteiger partial charge is 0.326 e. The van der Waals surface area contributed by atoms with Crippen LogP contribution in [-0.4, -0.2) is 20.8 Å². The zero-order chi connectivity index (χ0) is 8.27. The predicted octanol–water partition coefficient (Wildman–Crippen LogP) is 0.261. The second-order valence-corrected chi connectivity index (χ2v) is 3.03. The van der Waals surface area contributed by atoms with Crippen molar-refractivity contribution in [3.8, 4) is 0 Å². The monoisotopic (exact) mass is 154 g/mol. The van der Waals surface area contributed by atoms with Crippen LogP contribution in [0.2, 0.25) is 0 Å². The minimum absolute atomic E-state index is 0.164. The molecule has 0 bridgehead atoms. The first-order valence-corrected chi connectivity index (χ1v) is 3.78. The van der Waals surface area contributed by atoms with Gasteiger partial charge in [-0.1, -0.05) is 13.8 Å². The molecule has 62 valence electrons. The van der Waals surface area contributed by atoms with Gasteiger partial charge in [0.05, 0.1) is 6.54 Å². The van der Waals surface area contributed by atoms with Gasteiger partial charge in [-0.25, -0.2) is 4.98 Å². The van der Waals surface area contributed by atoms with E-state index in [0.29, 0.717) is 5.92 Å². The maximum atomic E-state index is 5.82. The molecule has 0 saturated carbocycles. The summed E-state index contributed by atoms with van der Waals surface area (Å²) >= 11 is 0. The van der Waals surface area contributed by atoms with Gasteiger partial charge in [-0.05, 0) is 5.92 Å². The Morgan fingerprint density at radius 1 is 1.55 bits per heavy atom. The molecular formula is C7H14N4. The van der Waals surface area contributed by atoms with Gasteiger partial charge in [0.15, 0.2) is 0 Å². The van der Waals surface area contributed by atoms with Crippen LogP contribution in [0.5, 0.6) is 0 Å². The molecule has 1 heterocycles. The Hall–Kier alpha value is -0.900. The molecule has 0 aromatic carbocycles. The molecular weight excluding hydrogens is 140 g/mol. The van der Waals surface area contributed by atoms with Crippen LogP contribution in [0.3, 0.4) is 0 Å². The summed E-state index contributed by atoms with van der Waals surface area (Å²) in [4.78, 5) is 3.83. The first-order chi connectivity index (χ1) is 5.20. The molecule has 0 aliphatic heterocycles. The Bertz CT molecular complexity index is 192. The average Bonchev–Trinajstić information content (AvgIpc) is 2.39. The van der Waals surface area contributed by atoms with Gasteiger partial charge in [0.25, 0.3) is 0 Å². The highest BCUT2D eigenvalue weighted by Gasteiger charge is 2.07. The van der Waals surface area contributed by atoms with Crippen LogP contribution in [0.1, 0.15) is 13.8 Å². The van der Waals surface area contributed by atoms with Crippen molar-refractivity contribution in [3.63, 3.8) is 0 Å². The number of nitrogens with two attached hydrogens (primary N) is 1. The van der Waals surface area contributed by atoms with E-state index < -0.39 is 0 Å². The molecule has 1 rings (SSSR count). The fourth-order valence-corrected chi connectivity index (χ4v) is 0.754. The molecule has 1 aromatic rings. The first-order valence-electron chi connectivity index (χ1n) is 3.78. The molecule has 1 aromatic heterocycles.